The van der Waals surface area contributed by atoms with Gasteiger partial charge < -0.3 is 10.5 Å². The first-order valence-corrected chi connectivity index (χ1v) is 4.48. The van der Waals surface area contributed by atoms with Crippen LogP contribution in [0.3, 0.4) is 0 Å². The van der Waals surface area contributed by atoms with Crippen LogP contribution in [0, 0.1) is 0 Å². The summed E-state index contributed by atoms with van der Waals surface area (Å²) in [5.41, 5.74) is 6.73. The van der Waals surface area contributed by atoms with E-state index in [2.05, 4.69) is 0 Å². The SMILES string of the molecule is NC(=O)c1ccc2c(c1)CC=CCO2. The van der Waals surface area contributed by atoms with Crippen molar-refractivity contribution < 1.29 is 9.53 Å². The smallest absolute Gasteiger partial charge is 0.248 e. The molecule has 0 saturated carbocycles. The summed E-state index contributed by atoms with van der Waals surface area (Å²) in [6.45, 7) is 0.586. The first kappa shape index (κ1) is 8.81. The van der Waals surface area contributed by atoms with E-state index in [1.54, 1.807) is 18.2 Å². The number of fused-ring (bicyclic) bond motifs is 1. The lowest BCUT2D eigenvalue weighted by molar-refractivity contribution is 0.1000. The van der Waals surface area contributed by atoms with E-state index in [1.807, 2.05) is 12.2 Å². The van der Waals surface area contributed by atoms with Gasteiger partial charge in [0.25, 0.3) is 0 Å². The average molecular weight is 189 g/mol. The topological polar surface area (TPSA) is 52.3 Å². The van der Waals surface area contributed by atoms with Crippen molar-refractivity contribution in [2.45, 2.75) is 6.42 Å². The minimum Gasteiger partial charge on any atom is -0.489 e. The molecule has 0 atom stereocenters. The lowest BCUT2D eigenvalue weighted by Crippen LogP contribution is -2.11. The number of nitrogens with two attached hydrogens (primary N) is 1. The second-order valence-corrected chi connectivity index (χ2v) is 3.17. The second kappa shape index (κ2) is 3.54. The molecule has 1 aliphatic heterocycles. The Bertz CT molecular complexity index is 396. The highest BCUT2D eigenvalue weighted by molar-refractivity contribution is 5.93. The van der Waals surface area contributed by atoms with E-state index >= 15 is 0 Å². The van der Waals surface area contributed by atoms with Gasteiger partial charge in [-0.05, 0) is 30.2 Å². The van der Waals surface area contributed by atoms with Gasteiger partial charge in [0, 0.05) is 5.56 Å². The predicted octanol–water partition coefficient (Wildman–Crippen LogP) is 1.28. The number of ether oxygens (including phenoxy) is 1. The van der Waals surface area contributed by atoms with Crippen LogP contribution in [0.1, 0.15) is 15.9 Å². The van der Waals surface area contributed by atoms with E-state index in [0.29, 0.717) is 12.2 Å². The van der Waals surface area contributed by atoms with Crippen LogP contribution in [0.15, 0.2) is 30.4 Å². The molecule has 0 aliphatic carbocycles. The standard InChI is InChI=1S/C11H11NO2/c12-11(13)9-4-5-10-8(7-9)3-1-2-6-14-10/h1-2,4-5,7H,3,6H2,(H2,12,13). The number of carbonyl (C=O) groups is 1. The summed E-state index contributed by atoms with van der Waals surface area (Å²) >= 11 is 0. The molecule has 14 heavy (non-hydrogen) atoms. The van der Waals surface area contributed by atoms with Gasteiger partial charge >= 0.3 is 0 Å². The number of hydrogen-bond donors (Lipinski definition) is 1. The third-order valence-corrected chi connectivity index (χ3v) is 2.18. The molecule has 2 N–H and O–H groups in total. The molecule has 3 heteroatoms. The summed E-state index contributed by atoms with van der Waals surface area (Å²) in [7, 11) is 0. The molecule has 1 aromatic rings. The number of benzene rings is 1. The van der Waals surface area contributed by atoms with E-state index in [0.717, 1.165) is 17.7 Å². The molecule has 0 unspecified atom stereocenters. The van der Waals surface area contributed by atoms with Crippen molar-refractivity contribution >= 4 is 5.91 Å². The van der Waals surface area contributed by atoms with E-state index in [9.17, 15) is 4.79 Å². The summed E-state index contributed by atoms with van der Waals surface area (Å²) in [6.07, 6.45) is 4.77. The Labute approximate surface area is 82.2 Å². The molecule has 1 aliphatic rings. The van der Waals surface area contributed by atoms with Crippen LogP contribution in [0.4, 0.5) is 0 Å². The van der Waals surface area contributed by atoms with Gasteiger partial charge in [-0.1, -0.05) is 12.2 Å². The van der Waals surface area contributed by atoms with Crippen LogP contribution >= 0.6 is 0 Å². The largest absolute Gasteiger partial charge is 0.489 e. The first-order chi connectivity index (χ1) is 6.77. The fourth-order valence-electron chi connectivity index (χ4n) is 1.45. The number of rotatable bonds is 1. The maximum Gasteiger partial charge on any atom is 0.248 e. The third kappa shape index (κ3) is 1.62. The summed E-state index contributed by atoms with van der Waals surface area (Å²) < 4.78 is 5.44. The Morgan fingerprint density at radius 2 is 2.21 bits per heavy atom. The number of allylic oxidation sites excluding steroid dienone is 1. The van der Waals surface area contributed by atoms with Gasteiger partial charge in [0.15, 0.2) is 0 Å². The molecule has 72 valence electrons. The summed E-state index contributed by atoms with van der Waals surface area (Å²) in [5, 5.41) is 0. The van der Waals surface area contributed by atoms with Crippen LogP contribution in [0.25, 0.3) is 0 Å². The van der Waals surface area contributed by atoms with E-state index < -0.39 is 5.91 Å². The molecule has 0 spiro atoms. The molecule has 0 fully saturated rings. The van der Waals surface area contributed by atoms with E-state index in [1.165, 1.54) is 0 Å². The predicted molar refractivity (Wildman–Crippen MR) is 53.3 cm³/mol. The summed E-state index contributed by atoms with van der Waals surface area (Å²) in [5.74, 6) is 0.432. The Hall–Kier alpha value is -1.77. The van der Waals surface area contributed by atoms with Gasteiger partial charge in [0.1, 0.15) is 12.4 Å². The lowest BCUT2D eigenvalue weighted by atomic mass is 10.1. The highest BCUT2D eigenvalue weighted by Crippen LogP contribution is 2.22. The van der Waals surface area contributed by atoms with Crippen molar-refractivity contribution in [1.82, 2.24) is 0 Å². The molecule has 1 amide bonds. The number of hydrogen-bond acceptors (Lipinski definition) is 2. The van der Waals surface area contributed by atoms with Crippen LogP contribution < -0.4 is 10.5 Å². The second-order valence-electron chi connectivity index (χ2n) is 3.17. The fourth-order valence-corrected chi connectivity index (χ4v) is 1.45. The Morgan fingerprint density at radius 1 is 1.36 bits per heavy atom. The van der Waals surface area contributed by atoms with Gasteiger partial charge in [-0.2, -0.15) is 0 Å². The molecule has 0 saturated heterocycles. The number of amides is 1. The Kier molecular flexibility index (Phi) is 2.23. The quantitative estimate of drug-likeness (QED) is 0.676. The zero-order valence-corrected chi connectivity index (χ0v) is 7.69. The zero-order chi connectivity index (χ0) is 9.97. The normalized spacial score (nSPS) is 14.0. The molecule has 0 radical (unpaired) electrons. The molecule has 2 rings (SSSR count). The van der Waals surface area contributed by atoms with E-state index in [4.69, 9.17) is 10.5 Å². The minimum atomic E-state index is -0.402. The number of carbonyl (C=O) groups excluding carboxylic acids is 1. The van der Waals surface area contributed by atoms with Crippen molar-refractivity contribution in [1.29, 1.82) is 0 Å². The van der Waals surface area contributed by atoms with Crippen molar-refractivity contribution in [3.05, 3.63) is 41.5 Å². The van der Waals surface area contributed by atoms with E-state index in [-0.39, 0.29) is 0 Å². The molecule has 1 heterocycles. The van der Waals surface area contributed by atoms with Gasteiger partial charge in [0.2, 0.25) is 5.91 Å². The van der Waals surface area contributed by atoms with Crippen LogP contribution in [-0.4, -0.2) is 12.5 Å². The van der Waals surface area contributed by atoms with Crippen molar-refractivity contribution in [3.8, 4) is 5.75 Å². The summed E-state index contributed by atoms with van der Waals surface area (Å²) in [6, 6.07) is 5.27. The fraction of sp³-hybridized carbons (Fsp3) is 0.182. The third-order valence-electron chi connectivity index (χ3n) is 2.18. The van der Waals surface area contributed by atoms with Crippen molar-refractivity contribution in [2.24, 2.45) is 5.73 Å². The molecule has 3 nitrogen and oxygen atoms in total. The molecule has 0 aromatic heterocycles. The maximum atomic E-state index is 10.9. The minimum absolute atomic E-state index is 0.402. The zero-order valence-electron chi connectivity index (χ0n) is 7.69. The molecule has 1 aromatic carbocycles. The monoisotopic (exact) mass is 189 g/mol. The molecule has 0 bridgehead atoms. The Balaban J connectivity index is 2.41. The summed E-state index contributed by atoms with van der Waals surface area (Å²) in [4.78, 5) is 10.9. The lowest BCUT2D eigenvalue weighted by Gasteiger charge is -2.07. The van der Waals surface area contributed by atoms with Crippen molar-refractivity contribution in [2.75, 3.05) is 6.61 Å². The van der Waals surface area contributed by atoms with Gasteiger partial charge in [0.05, 0.1) is 0 Å². The molecular formula is C11H11NO2. The van der Waals surface area contributed by atoms with Crippen LogP contribution in [-0.2, 0) is 6.42 Å². The average Bonchev–Trinajstić information content (AvgIpc) is 2.41. The molecular weight excluding hydrogens is 178 g/mol. The first-order valence-electron chi connectivity index (χ1n) is 4.48. The number of primary amides is 1. The van der Waals surface area contributed by atoms with Crippen molar-refractivity contribution in [3.63, 3.8) is 0 Å². The van der Waals surface area contributed by atoms with Gasteiger partial charge in [-0.25, -0.2) is 0 Å². The highest BCUT2D eigenvalue weighted by atomic mass is 16.5. The Morgan fingerprint density at radius 3 is 3.00 bits per heavy atom. The maximum absolute atomic E-state index is 10.9. The van der Waals surface area contributed by atoms with Crippen LogP contribution in [0.5, 0.6) is 5.75 Å². The van der Waals surface area contributed by atoms with Gasteiger partial charge in [-0.3, -0.25) is 4.79 Å². The highest BCUT2D eigenvalue weighted by Gasteiger charge is 2.08. The van der Waals surface area contributed by atoms with Crippen LogP contribution in [0.2, 0.25) is 0 Å². The van der Waals surface area contributed by atoms with Gasteiger partial charge in [-0.15, -0.1) is 0 Å².